The Balaban J connectivity index is 3.05. The van der Waals surface area contributed by atoms with Gasteiger partial charge in [0.15, 0.2) is 0 Å². The Morgan fingerprint density at radius 1 is 1.45 bits per heavy atom. The summed E-state index contributed by atoms with van der Waals surface area (Å²) in [6, 6.07) is 7.50. The number of hydrogen-bond acceptors (Lipinski definition) is 0. The van der Waals surface area contributed by atoms with E-state index in [2.05, 4.69) is 28.5 Å². The number of hydrogen-bond donors (Lipinski definition) is 0. The molecule has 2 heteroatoms. The third kappa shape index (κ3) is 2.11. The van der Waals surface area contributed by atoms with Crippen molar-refractivity contribution in [2.75, 3.05) is 0 Å². The topological polar surface area (TPSA) is 0 Å². The largest absolute Gasteiger partial charge is 0.0992 e. The molecule has 0 aliphatic heterocycles. The molecule has 1 unspecified atom stereocenters. The first kappa shape index (κ1) is 8.89. The van der Waals surface area contributed by atoms with E-state index in [4.69, 9.17) is 18.0 Å². The fourth-order valence-electron chi connectivity index (χ4n) is 0.758. The highest BCUT2D eigenvalue weighted by atomic mass is 127. The standard InChI is InChI=1S/C9H5ClI/c1-2-9(11)7-5-3-4-6-8(7)10/h3-6,9H. The van der Waals surface area contributed by atoms with E-state index in [-0.39, 0.29) is 3.92 Å². The van der Waals surface area contributed by atoms with Crippen molar-refractivity contribution in [3.05, 3.63) is 41.3 Å². The molecule has 0 nitrogen and oxygen atoms in total. The van der Waals surface area contributed by atoms with Crippen LogP contribution >= 0.6 is 34.2 Å². The lowest BCUT2D eigenvalue weighted by molar-refractivity contribution is 1.33. The van der Waals surface area contributed by atoms with E-state index < -0.39 is 0 Å². The Kier molecular flexibility index (Phi) is 3.22. The van der Waals surface area contributed by atoms with Crippen molar-refractivity contribution < 1.29 is 0 Å². The fourth-order valence-corrected chi connectivity index (χ4v) is 1.73. The van der Waals surface area contributed by atoms with Crippen LogP contribution in [-0.4, -0.2) is 0 Å². The molecule has 0 saturated carbocycles. The van der Waals surface area contributed by atoms with Gasteiger partial charge < -0.3 is 0 Å². The first-order valence-corrected chi connectivity index (χ1v) is 4.69. The van der Waals surface area contributed by atoms with Gasteiger partial charge in [-0.25, -0.2) is 0 Å². The zero-order chi connectivity index (χ0) is 8.27. The average Bonchev–Trinajstić information content (AvgIpc) is 2.04. The minimum Gasteiger partial charge on any atom is -0.0840 e. The van der Waals surface area contributed by atoms with Gasteiger partial charge in [0.05, 0.1) is 3.92 Å². The van der Waals surface area contributed by atoms with Crippen LogP contribution in [0.3, 0.4) is 0 Å². The zero-order valence-electron chi connectivity index (χ0n) is 5.64. The second-order valence-electron chi connectivity index (χ2n) is 2.03. The molecule has 1 aromatic carbocycles. The van der Waals surface area contributed by atoms with Crippen LogP contribution in [0.5, 0.6) is 0 Å². The van der Waals surface area contributed by atoms with Crippen molar-refractivity contribution >= 4 is 34.2 Å². The Bertz CT molecular complexity index is 288. The van der Waals surface area contributed by atoms with E-state index in [1.54, 1.807) is 0 Å². The van der Waals surface area contributed by atoms with Crippen molar-refractivity contribution in [1.29, 1.82) is 0 Å². The minimum absolute atomic E-state index is 0.0405. The molecular weight excluding hydrogens is 270 g/mol. The van der Waals surface area contributed by atoms with Gasteiger partial charge in [0, 0.05) is 5.02 Å². The van der Waals surface area contributed by atoms with Gasteiger partial charge in [-0.1, -0.05) is 58.3 Å². The monoisotopic (exact) mass is 275 g/mol. The van der Waals surface area contributed by atoms with Gasteiger partial charge in [0.25, 0.3) is 0 Å². The van der Waals surface area contributed by atoms with Crippen molar-refractivity contribution in [2.24, 2.45) is 0 Å². The fraction of sp³-hybridized carbons (Fsp3) is 0.111. The molecule has 1 rings (SSSR count). The Labute approximate surface area is 85.1 Å². The highest BCUT2D eigenvalue weighted by Crippen LogP contribution is 2.28. The number of rotatable bonds is 1. The molecular formula is C9H5ClI. The van der Waals surface area contributed by atoms with Crippen LogP contribution in [0.1, 0.15) is 9.49 Å². The van der Waals surface area contributed by atoms with E-state index >= 15 is 0 Å². The second kappa shape index (κ2) is 3.99. The molecule has 0 fully saturated rings. The maximum absolute atomic E-state index is 6.93. The summed E-state index contributed by atoms with van der Waals surface area (Å²) in [6.45, 7) is 0. The third-order valence-electron chi connectivity index (χ3n) is 1.30. The summed E-state index contributed by atoms with van der Waals surface area (Å²) >= 11 is 7.98. The molecule has 0 heterocycles. The molecule has 1 radical (unpaired) electrons. The first-order chi connectivity index (χ1) is 5.25. The summed E-state index contributed by atoms with van der Waals surface area (Å²) in [6.07, 6.45) is 6.93. The van der Waals surface area contributed by atoms with Gasteiger partial charge in [-0.2, -0.15) is 0 Å². The Morgan fingerprint density at radius 2 is 2.09 bits per heavy atom. The zero-order valence-corrected chi connectivity index (χ0v) is 8.56. The summed E-state index contributed by atoms with van der Waals surface area (Å²) < 4.78 is -0.0405. The number of alkyl halides is 1. The molecule has 55 valence electrons. The van der Waals surface area contributed by atoms with Gasteiger partial charge in [-0.15, -0.1) is 0 Å². The predicted octanol–water partition coefficient (Wildman–Crippen LogP) is 3.41. The molecule has 0 aliphatic carbocycles. The SMILES string of the molecule is [C]#CC(I)c1ccccc1Cl. The van der Waals surface area contributed by atoms with E-state index in [1.807, 2.05) is 24.3 Å². The first-order valence-electron chi connectivity index (χ1n) is 3.06. The summed E-state index contributed by atoms with van der Waals surface area (Å²) in [5.74, 6) is 2.37. The highest BCUT2D eigenvalue weighted by Gasteiger charge is 2.05. The maximum Gasteiger partial charge on any atom is 0.0992 e. The molecule has 0 amide bonds. The van der Waals surface area contributed by atoms with Crippen LogP contribution in [-0.2, 0) is 0 Å². The lowest BCUT2D eigenvalue weighted by Gasteiger charge is -2.03. The van der Waals surface area contributed by atoms with Crippen LogP contribution in [0.25, 0.3) is 0 Å². The van der Waals surface area contributed by atoms with Crippen molar-refractivity contribution in [1.82, 2.24) is 0 Å². The molecule has 1 aromatic rings. The van der Waals surface area contributed by atoms with Crippen LogP contribution in [0.15, 0.2) is 24.3 Å². The van der Waals surface area contributed by atoms with Crippen LogP contribution < -0.4 is 0 Å². The van der Waals surface area contributed by atoms with Crippen LogP contribution in [0.2, 0.25) is 5.02 Å². The van der Waals surface area contributed by atoms with Gasteiger partial charge in [0.2, 0.25) is 0 Å². The number of halogens is 2. The lowest BCUT2D eigenvalue weighted by Crippen LogP contribution is -1.85. The maximum atomic E-state index is 6.93. The normalized spacial score (nSPS) is 12.1. The van der Waals surface area contributed by atoms with Gasteiger partial charge in [-0.3, -0.25) is 0 Å². The summed E-state index contributed by atoms with van der Waals surface area (Å²) in [5, 5.41) is 0.701. The second-order valence-corrected chi connectivity index (χ2v) is 3.68. The summed E-state index contributed by atoms with van der Waals surface area (Å²) in [4.78, 5) is 0. The molecule has 1 atom stereocenters. The minimum atomic E-state index is -0.0405. The van der Waals surface area contributed by atoms with Gasteiger partial charge in [-0.05, 0) is 18.1 Å². The van der Waals surface area contributed by atoms with E-state index in [0.29, 0.717) is 5.02 Å². The third-order valence-corrected chi connectivity index (χ3v) is 2.63. The lowest BCUT2D eigenvalue weighted by atomic mass is 10.2. The quantitative estimate of drug-likeness (QED) is 0.419. The van der Waals surface area contributed by atoms with E-state index in [0.717, 1.165) is 5.56 Å². The van der Waals surface area contributed by atoms with Crippen molar-refractivity contribution in [3.8, 4) is 5.92 Å². The van der Waals surface area contributed by atoms with Crippen molar-refractivity contribution in [3.63, 3.8) is 0 Å². The van der Waals surface area contributed by atoms with Crippen LogP contribution in [0.4, 0.5) is 0 Å². The molecule has 0 saturated heterocycles. The molecule has 0 bridgehead atoms. The molecule has 0 aromatic heterocycles. The van der Waals surface area contributed by atoms with E-state index in [9.17, 15) is 0 Å². The summed E-state index contributed by atoms with van der Waals surface area (Å²) in [5.41, 5.74) is 0.949. The Hall–Kier alpha value is -0.200. The molecule has 0 aliphatic rings. The van der Waals surface area contributed by atoms with Crippen LogP contribution in [0, 0.1) is 12.3 Å². The molecule has 0 spiro atoms. The average molecular weight is 275 g/mol. The number of benzene rings is 1. The van der Waals surface area contributed by atoms with Crippen molar-refractivity contribution in [2.45, 2.75) is 3.92 Å². The highest BCUT2D eigenvalue weighted by molar-refractivity contribution is 14.1. The van der Waals surface area contributed by atoms with Gasteiger partial charge in [0.1, 0.15) is 0 Å². The summed E-state index contributed by atoms with van der Waals surface area (Å²) in [7, 11) is 0. The molecule has 11 heavy (non-hydrogen) atoms. The smallest absolute Gasteiger partial charge is 0.0840 e. The predicted molar refractivity (Wildman–Crippen MR) is 55.3 cm³/mol. The van der Waals surface area contributed by atoms with E-state index in [1.165, 1.54) is 0 Å². The molecule has 0 N–H and O–H groups in total. The van der Waals surface area contributed by atoms with Gasteiger partial charge >= 0.3 is 0 Å². The Morgan fingerprint density at radius 3 is 2.64 bits per heavy atom.